The fraction of sp³-hybridized carbons (Fsp3) is 0.625. The number of rotatable bonds is 25. The third-order valence-electron chi connectivity index (χ3n) is 8.26. The van der Waals surface area contributed by atoms with Gasteiger partial charge in [-0.25, -0.2) is 9.55 Å². The number of phosphoric ester groups is 1. The average Bonchev–Trinajstić information content (AvgIpc) is 3.67. The molecule has 5 atom stereocenters. The molecule has 2 aromatic rings. The monoisotopic (exact) mass is 900 g/mol. The van der Waals surface area contributed by atoms with Gasteiger partial charge >= 0.3 is 7.82 Å². The minimum atomic E-state index is -5.11. The highest BCUT2D eigenvalue weighted by Crippen LogP contribution is 2.38. The molecule has 1 aromatic heterocycles. The van der Waals surface area contributed by atoms with Crippen LogP contribution < -0.4 is 27.0 Å². The molecule has 0 radical (unpaired) electrons. The SMILES string of the molecule is C.CC(C)C.CC(C)C[C@H](NC(=O)CN(Cc1ccccc1)C(=O)CCOC(C)(C)CO)C(=O)N[C@@H](Cc1cnc[nH]1)C(=O)N[C@@H](CO)C(=O)N[C@H](C(N)=O)[C@@H](C)OP(=O)(O)O. The van der Waals surface area contributed by atoms with Crippen LogP contribution in [-0.4, -0.2) is 133 Å². The number of carbonyl (C=O) groups is 6. The van der Waals surface area contributed by atoms with Crippen LogP contribution in [0.15, 0.2) is 42.9 Å². The Morgan fingerprint density at radius 2 is 1.45 bits per heavy atom. The summed E-state index contributed by atoms with van der Waals surface area (Å²) in [6.07, 6.45) is 0.891. The molecule has 6 amide bonds. The number of primary amides is 1. The molecule has 0 aliphatic heterocycles. The standard InChI is InChI=1S/C35H55N8O13P.C4H10.CH4/c1-21(2)13-25(39-28(46)17-43(16-23-9-7-6-8-10-23)29(47)11-12-55-35(4,5)19-45)32(49)40-26(14-24-15-37-20-38-24)33(50)41-27(18-44)34(51)42-30(31(36)48)22(3)56-57(52,53)54;1-4(2)3;/h6-10,15,20-22,25-27,30,44-45H,11-14,16-19H2,1-5H3,(H2,36,48)(H,37,38)(H,39,46)(H,40,49)(H,41,50)(H,42,51)(H2,52,53,54);4H,1-3H3;1H4/t22-,25+,26+,27+,30+;;/m1../s1. The second-order valence-electron chi connectivity index (χ2n) is 16.0. The van der Waals surface area contributed by atoms with Gasteiger partial charge in [0.05, 0.1) is 50.8 Å². The molecule has 1 aromatic carbocycles. The maximum absolute atomic E-state index is 13.8. The van der Waals surface area contributed by atoms with Gasteiger partial charge in [-0.15, -0.1) is 0 Å². The molecule has 2 rings (SSSR count). The molecule has 0 saturated heterocycles. The Balaban J connectivity index is 0.00000711. The molecule has 0 unspecified atom stereocenters. The van der Waals surface area contributed by atoms with E-state index in [1.165, 1.54) is 17.4 Å². The molecule has 11 N–H and O–H groups in total. The lowest BCUT2D eigenvalue weighted by Gasteiger charge is -2.28. The van der Waals surface area contributed by atoms with Gasteiger partial charge in [-0.3, -0.25) is 33.3 Å². The minimum absolute atomic E-state index is 0. The third kappa shape index (κ3) is 23.5. The lowest BCUT2D eigenvalue weighted by molar-refractivity contribution is -0.140. The van der Waals surface area contributed by atoms with Gasteiger partial charge < -0.3 is 61.6 Å². The Kier molecular flexibility index (Phi) is 25.9. The summed E-state index contributed by atoms with van der Waals surface area (Å²) in [6.45, 7) is 12.8. The molecule has 62 heavy (non-hydrogen) atoms. The number of aliphatic hydroxyl groups excluding tert-OH is 2. The number of hydrogen-bond donors (Lipinski definition) is 10. The average molecular weight is 901 g/mol. The first-order chi connectivity index (χ1) is 28.4. The molecule has 21 nitrogen and oxygen atoms in total. The number of imidazole rings is 1. The zero-order valence-electron chi connectivity index (χ0n) is 36.1. The summed E-state index contributed by atoms with van der Waals surface area (Å²) in [4.78, 5) is 106. The van der Waals surface area contributed by atoms with Crippen LogP contribution in [0.3, 0.4) is 0 Å². The summed E-state index contributed by atoms with van der Waals surface area (Å²) < 4.78 is 21.3. The van der Waals surface area contributed by atoms with Gasteiger partial charge in [0.2, 0.25) is 35.4 Å². The number of ether oxygens (including phenoxy) is 1. The second-order valence-corrected chi connectivity index (χ2v) is 17.2. The number of aliphatic hydroxyl groups is 2. The van der Waals surface area contributed by atoms with Crippen LogP contribution in [0.2, 0.25) is 0 Å². The van der Waals surface area contributed by atoms with Crippen LogP contribution >= 0.6 is 7.82 Å². The molecule has 0 aliphatic rings. The van der Waals surface area contributed by atoms with Gasteiger partial charge in [-0.1, -0.05) is 72.4 Å². The summed E-state index contributed by atoms with van der Waals surface area (Å²) >= 11 is 0. The summed E-state index contributed by atoms with van der Waals surface area (Å²) in [5.74, 6) is -4.60. The van der Waals surface area contributed by atoms with E-state index in [1.807, 2.05) is 0 Å². The normalized spacial score (nSPS) is 13.8. The largest absolute Gasteiger partial charge is 0.469 e. The van der Waals surface area contributed by atoms with Gasteiger partial charge in [0, 0.05) is 24.9 Å². The topological polar surface area (TPSA) is 325 Å². The molecule has 352 valence electrons. The zero-order chi connectivity index (χ0) is 46.5. The number of amides is 6. The Morgan fingerprint density at radius 3 is 1.95 bits per heavy atom. The predicted octanol–water partition coefficient (Wildman–Crippen LogP) is 0.418. The van der Waals surface area contributed by atoms with Crippen LogP contribution in [0.4, 0.5) is 0 Å². The van der Waals surface area contributed by atoms with Crippen LogP contribution in [-0.2, 0) is 55.6 Å². The van der Waals surface area contributed by atoms with Crippen molar-refractivity contribution in [1.29, 1.82) is 0 Å². The van der Waals surface area contributed by atoms with E-state index in [0.29, 0.717) is 5.69 Å². The van der Waals surface area contributed by atoms with Crippen LogP contribution in [0.1, 0.15) is 86.9 Å². The Morgan fingerprint density at radius 1 is 0.887 bits per heavy atom. The maximum atomic E-state index is 13.8. The molecular formula is C40H69N8O13P. The fourth-order valence-corrected chi connectivity index (χ4v) is 5.84. The number of nitrogens with one attached hydrogen (secondary N) is 5. The molecule has 0 saturated carbocycles. The van der Waals surface area contributed by atoms with E-state index in [1.54, 1.807) is 58.0 Å². The van der Waals surface area contributed by atoms with Crippen LogP contribution in [0.5, 0.6) is 0 Å². The summed E-state index contributed by atoms with van der Waals surface area (Å²) in [7, 11) is -5.11. The van der Waals surface area contributed by atoms with E-state index in [2.05, 4.69) is 56.5 Å². The van der Waals surface area contributed by atoms with Crippen molar-refractivity contribution < 1.29 is 62.6 Å². The van der Waals surface area contributed by atoms with Gasteiger partial charge in [-0.2, -0.15) is 0 Å². The number of carbonyl (C=O) groups excluding carboxylic acids is 6. The van der Waals surface area contributed by atoms with Crippen molar-refractivity contribution in [3.05, 3.63) is 54.1 Å². The van der Waals surface area contributed by atoms with Crippen LogP contribution in [0.25, 0.3) is 0 Å². The number of nitrogens with two attached hydrogens (primary N) is 1. The van der Waals surface area contributed by atoms with Crippen molar-refractivity contribution >= 4 is 43.3 Å². The Hall–Kier alpha value is -4.76. The first-order valence-corrected chi connectivity index (χ1v) is 21.3. The van der Waals surface area contributed by atoms with E-state index in [0.717, 1.165) is 18.4 Å². The van der Waals surface area contributed by atoms with Crippen molar-refractivity contribution in [2.75, 3.05) is 26.4 Å². The summed E-state index contributed by atoms with van der Waals surface area (Å²) in [5, 5.41) is 29.1. The molecule has 0 spiro atoms. The summed E-state index contributed by atoms with van der Waals surface area (Å²) in [6, 6.07) is 2.75. The van der Waals surface area contributed by atoms with Crippen molar-refractivity contribution in [3.8, 4) is 0 Å². The Labute approximate surface area is 363 Å². The highest BCUT2D eigenvalue weighted by molar-refractivity contribution is 7.46. The van der Waals surface area contributed by atoms with Crippen LogP contribution in [0, 0.1) is 11.8 Å². The first kappa shape index (κ1) is 57.2. The lowest BCUT2D eigenvalue weighted by Crippen LogP contribution is -2.60. The molecule has 0 bridgehead atoms. The van der Waals surface area contributed by atoms with E-state index >= 15 is 0 Å². The van der Waals surface area contributed by atoms with Gasteiger partial charge in [0.25, 0.3) is 0 Å². The zero-order valence-corrected chi connectivity index (χ0v) is 37.0. The number of benzene rings is 1. The highest BCUT2D eigenvalue weighted by Gasteiger charge is 2.35. The van der Waals surface area contributed by atoms with Crippen molar-refractivity contribution in [3.63, 3.8) is 0 Å². The molecular weight excluding hydrogens is 831 g/mol. The number of H-pyrrole nitrogens is 1. The third-order valence-corrected chi connectivity index (χ3v) is 8.86. The molecule has 0 aliphatic carbocycles. The van der Waals surface area contributed by atoms with Gasteiger partial charge in [-0.05, 0) is 44.6 Å². The van der Waals surface area contributed by atoms with Gasteiger partial charge in [0.1, 0.15) is 24.2 Å². The number of aromatic nitrogens is 2. The van der Waals surface area contributed by atoms with E-state index in [-0.39, 0.29) is 52.4 Å². The number of phosphoric acid groups is 1. The number of aromatic amines is 1. The van der Waals surface area contributed by atoms with E-state index in [4.69, 9.17) is 20.3 Å². The minimum Gasteiger partial charge on any atom is -0.394 e. The van der Waals surface area contributed by atoms with Crippen molar-refractivity contribution in [2.24, 2.45) is 17.6 Å². The van der Waals surface area contributed by atoms with Crippen molar-refractivity contribution in [1.82, 2.24) is 36.1 Å². The maximum Gasteiger partial charge on any atom is 0.469 e. The highest BCUT2D eigenvalue weighted by atomic mass is 31.2. The summed E-state index contributed by atoms with van der Waals surface area (Å²) in [5.41, 5.74) is 5.52. The van der Waals surface area contributed by atoms with Gasteiger partial charge in [0.15, 0.2) is 0 Å². The Bertz CT molecular complexity index is 1720. The fourth-order valence-electron chi connectivity index (χ4n) is 5.29. The smallest absolute Gasteiger partial charge is 0.394 e. The molecule has 22 heteroatoms. The van der Waals surface area contributed by atoms with E-state index in [9.17, 15) is 43.5 Å². The second kappa shape index (κ2) is 28.0. The van der Waals surface area contributed by atoms with Crippen molar-refractivity contribution in [2.45, 2.75) is 124 Å². The molecule has 0 fully saturated rings. The number of nitrogens with zero attached hydrogens (tertiary/aromatic N) is 2. The quantitative estimate of drug-likeness (QED) is 0.0604. The first-order valence-electron chi connectivity index (χ1n) is 19.8. The number of hydrogen-bond acceptors (Lipinski definition) is 12. The lowest BCUT2D eigenvalue weighted by atomic mass is 10.0. The molecule has 1 heterocycles. The predicted molar refractivity (Wildman–Crippen MR) is 229 cm³/mol. The van der Waals surface area contributed by atoms with E-state index < -0.39 is 92.3 Å².